The van der Waals surface area contributed by atoms with Crippen LogP contribution in [0.5, 0.6) is 0 Å². The van der Waals surface area contributed by atoms with Crippen molar-refractivity contribution in [3.05, 3.63) is 58.4 Å². The van der Waals surface area contributed by atoms with Crippen molar-refractivity contribution >= 4 is 34.2 Å². The molecule has 1 aromatic heterocycles. The normalized spacial score (nSPS) is 11.2. The van der Waals surface area contributed by atoms with E-state index in [-0.39, 0.29) is 0 Å². The summed E-state index contributed by atoms with van der Waals surface area (Å²) in [5, 5.41) is 0.710. The maximum Gasteiger partial charge on any atom is 0.129 e. The molecule has 0 aliphatic rings. The first-order valence-electron chi connectivity index (χ1n) is 6.41. The predicted molar refractivity (Wildman–Crippen MR) is 85.1 cm³/mol. The van der Waals surface area contributed by atoms with Crippen LogP contribution in [0.15, 0.2) is 36.4 Å². The highest BCUT2D eigenvalue weighted by molar-refractivity contribution is 6.30. The molecule has 2 nitrogen and oxygen atoms in total. The zero-order chi connectivity index (χ0) is 14.3. The number of alkyl halides is 1. The fraction of sp³-hybridized carbons (Fsp3) is 0.188. The van der Waals surface area contributed by atoms with Gasteiger partial charge < -0.3 is 0 Å². The number of nitrogens with zero attached hydrogens (tertiary/aromatic N) is 2. The van der Waals surface area contributed by atoms with E-state index in [4.69, 9.17) is 23.2 Å². The molecule has 4 heteroatoms. The summed E-state index contributed by atoms with van der Waals surface area (Å²) in [5.74, 6) is 1.20. The Bertz CT molecular complexity index is 791. The molecule has 0 saturated carbocycles. The SMILES string of the molecule is Cc1ccc(Cl)cc1-n1c(CCl)nc2cccc(C)c21. The number of hydrogen-bond acceptors (Lipinski definition) is 1. The van der Waals surface area contributed by atoms with E-state index in [1.165, 1.54) is 5.56 Å². The quantitative estimate of drug-likeness (QED) is 0.607. The van der Waals surface area contributed by atoms with Crippen LogP contribution >= 0.6 is 23.2 Å². The van der Waals surface area contributed by atoms with Crippen molar-refractivity contribution in [2.75, 3.05) is 0 Å². The zero-order valence-electron chi connectivity index (χ0n) is 11.3. The summed E-state index contributed by atoms with van der Waals surface area (Å²) in [6.07, 6.45) is 0. The molecule has 0 fully saturated rings. The number of aryl methyl sites for hydroxylation is 2. The fourth-order valence-electron chi connectivity index (χ4n) is 2.52. The molecule has 0 aliphatic carbocycles. The lowest BCUT2D eigenvalue weighted by Crippen LogP contribution is -2.02. The van der Waals surface area contributed by atoms with Gasteiger partial charge in [-0.2, -0.15) is 0 Å². The van der Waals surface area contributed by atoms with E-state index in [9.17, 15) is 0 Å². The van der Waals surface area contributed by atoms with Crippen LogP contribution in [-0.4, -0.2) is 9.55 Å². The number of fused-ring (bicyclic) bond motifs is 1. The molecule has 0 N–H and O–H groups in total. The lowest BCUT2D eigenvalue weighted by Gasteiger charge is -2.12. The lowest BCUT2D eigenvalue weighted by molar-refractivity contribution is 0.970. The molecule has 2 aromatic carbocycles. The number of aromatic nitrogens is 2. The minimum Gasteiger partial charge on any atom is -0.295 e. The van der Waals surface area contributed by atoms with Crippen molar-refractivity contribution in [3.63, 3.8) is 0 Å². The molecule has 0 spiro atoms. The number of imidazole rings is 1. The van der Waals surface area contributed by atoms with E-state index in [0.717, 1.165) is 28.1 Å². The minimum absolute atomic E-state index is 0.361. The second-order valence-corrected chi connectivity index (χ2v) is 5.57. The van der Waals surface area contributed by atoms with Crippen LogP contribution in [0.4, 0.5) is 0 Å². The molecule has 0 saturated heterocycles. The first-order valence-corrected chi connectivity index (χ1v) is 7.32. The van der Waals surface area contributed by atoms with Crippen molar-refractivity contribution < 1.29 is 0 Å². The Morgan fingerprint density at radius 3 is 2.65 bits per heavy atom. The van der Waals surface area contributed by atoms with Crippen LogP contribution in [0.2, 0.25) is 5.02 Å². The van der Waals surface area contributed by atoms with Gasteiger partial charge in [-0.3, -0.25) is 4.57 Å². The van der Waals surface area contributed by atoms with E-state index in [2.05, 4.69) is 29.5 Å². The third-order valence-electron chi connectivity index (χ3n) is 3.48. The number of halogens is 2. The number of hydrogen-bond donors (Lipinski definition) is 0. The summed E-state index contributed by atoms with van der Waals surface area (Å²) in [4.78, 5) is 4.63. The number of rotatable bonds is 2. The maximum atomic E-state index is 6.15. The van der Waals surface area contributed by atoms with Crippen molar-refractivity contribution in [2.24, 2.45) is 0 Å². The van der Waals surface area contributed by atoms with Gasteiger partial charge in [0, 0.05) is 5.02 Å². The fourth-order valence-corrected chi connectivity index (χ4v) is 2.86. The number of benzene rings is 2. The third kappa shape index (κ3) is 2.09. The summed E-state index contributed by atoms with van der Waals surface area (Å²) in [5.41, 5.74) is 5.40. The molecule has 0 aliphatic heterocycles. The van der Waals surface area contributed by atoms with Crippen LogP contribution in [0.1, 0.15) is 17.0 Å². The Kier molecular flexibility index (Phi) is 3.45. The van der Waals surface area contributed by atoms with E-state index < -0.39 is 0 Å². The Balaban J connectivity index is 2.42. The molecule has 20 heavy (non-hydrogen) atoms. The van der Waals surface area contributed by atoms with E-state index >= 15 is 0 Å². The van der Waals surface area contributed by atoms with E-state index in [1.807, 2.05) is 30.3 Å². The van der Waals surface area contributed by atoms with Gasteiger partial charge in [0.1, 0.15) is 5.82 Å². The van der Waals surface area contributed by atoms with Gasteiger partial charge in [0.25, 0.3) is 0 Å². The molecule has 0 radical (unpaired) electrons. The summed E-state index contributed by atoms with van der Waals surface area (Å²) in [7, 11) is 0. The summed E-state index contributed by atoms with van der Waals surface area (Å²) in [6.45, 7) is 4.15. The molecular formula is C16H14Cl2N2. The van der Waals surface area contributed by atoms with Gasteiger partial charge in [-0.1, -0.05) is 29.8 Å². The highest BCUT2D eigenvalue weighted by Gasteiger charge is 2.15. The maximum absolute atomic E-state index is 6.15. The molecule has 0 bridgehead atoms. The van der Waals surface area contributed by atoms with Gasteiger partial charge >= 0.3 is 0 Å². The van der Waals surface area contributed by atoms with Crippen LogP contribution < -0.4 is 0 Å². The Morgan fingerprint density at radius 1 is 1.10 bits per heavy atom. The Morgan fingerprint density at radius 2 is 1.90 bits per heavy atom. The smallest absolute Gasteiger partial charge is 0.129 e. The van der Waals surface area contributed by atoms with Gasteiger partial charge in [-0.05, 0) is 43.2 Å². The van der Waals surface area contributed by atoms with Gasteiger partial charge in [0.2, 0.25) is 0 Å². The molecule has 0 unspecified atom stereocenters. The van der Waals surface area contributed by atoms with Gasteiger partial charge in [-0.25, -0.2) is 4.98 Å². The van der Waals surface area contributed by atoms with Crippen LogP contribution in [0.3, 0.4) is 0 Å². The second-order valence-electron chi connectivity index (χ2n) is 4.87. The van der Waals surface area contributed by atoms with Crippen molar-refractivity contribution in [1.29, 1.82) is 0 Å². The highest BCUT2D eigenvalue weighted by atomic mass is 35.5. The van der Waals surface area contributed by atoms with Gasteiger partial charge in [0.05, 0.1) is 22.6 Å². The Hall–Kier alpha value is -1.51. The third-order valence-corrected chi connectivity index (χ3v) is 3.95. The second kappa shape index (κ2) is 5.12. The zero-order valence-corrected chi connectivity index (χ0v) is 12.8. The summed E-state index contributed by atoms with van der Waals surface area (Å²) < 4.78 is 2.11. The van der Waals surface area contributed by atoms with Crippen molar-refractivity contribution in [3.8, 4) is 5.69 Å². The standard InChI is InChI=1S/C16H14Cl2N2/c1-10-6-7-12(18)8-14(10)20-15(9-17)19-13-5-3-4-11(2)16(13)20/h3-8H,9H2,1-2H3. The molecule has 0 amide bonds. The summed E-state index contributed by atoms with van der Waals surface area (Å²) >= 11 is 12.2. The van der Waals surface area contributed by atoms with E-state index in [1.54, 1.807) is 0 Å². The van der Waals surface area contributed by atoms with Crippen molar-refractivity contribution in [1.82, 2.24) is 9.55 Å². The average molecular weight is 305 g/mol. The Labute approximate surface area is 128 Å². The molecular weight excluding hydrogens is 291 g/mol. The average Bonchev–Trinajstić information content (AvgIpc) is 2.81. The van der Waals surface area contributed by atoms with Crippen LogP contribution in [0, 0.1) is 13.8 Å². The van der Waals surface area contributed by atoms with Crippen molar-refractivity contribution in [2.45, 2.75) is 19.7 Å². The topological polar surface area (TPSA) is 17.8 Å². The monoisotopic (exact) mass is 304 g/mol. The first kappa shape index (κ1) is 13.5. The molecule has 3 rings (SSSR count). The molecule has 0 atom stereocenters. The van der Waals surface area contributed by atoms with Crippen LogP contribution in [0.25, 0.3) is 16.7 Å². The minimum atomic E-state index is 0.361. The molecule has 1 heterocycles. The number of para-hydroxylation sites is 1. The molecule has 102 valence electrons. The highest BCUT2D eigenvalue weighted by Crippen LogP contribution is 2.28. The predicted octanol–water partition coefficient (Wildman–Crippen LogP) is 5.03. The van der Waals surface area contributed by atoms with E-state index in [0.29, 0.717) is 10.9 Å². The largest absolute Gasteiger partial charge is 0.295 e. The summed E-state index contributed by atoms with van der Waals surface area (Å²) in [6, 6.07) is 12.0. The van der Waals surface area contributed by atoms with Gasteiger partial charge in [-0.15, -0.1) is 11.6 Å². The lowest BCUT2D eigenvalue weighted by atomic mass is 10.1. The van der Waals surface area contributed by atoms with Crippen LogP contribution in [-0.2, 0) is 5.88 Å². The van der Waals surface area contributed by atoms with Gasteiger partial charge in [0.15, 0.2) is 0 Å². The first-order chi connectivity index (χ1) is 9.61. The molecule has 3 aromatic rings.